The quantitative estimate of drug-likeness (QED) is 0.828. The predicted octanol–water partition coefficient (Wildman–Crippen LogP) is 2.15. The van der Waals surface area contributed by atoms with E-state index in [0.717, 1.165) is 15.3 Å². The topological polar surface area (TPSA) is 59.1 Å². The number of nitrogens with two attached hydrogens (primary N) is 1. The van der Waals surface area contributed by atoms with Crippen LogP contribution in [0.1, 0.15) is 6.92 Å². The molecule has 0 bridgehead atoms. The van der Waals surface area contributed by atoms with Gasteiger partial charge >= 0.3 is 0 Å². The third kappa shape index (κ3) is 3.48. The number of halogens is 1. The molecule has 5 heteroatoms. The van der Waals surface area contributed by atoms with Gasteiger partial charge < -0.3 is 10.8 Å². The summed E-state index contributed by atoms with van der Waals surface area (Å²) in [5.74, 6) is 1.10. The number of nitrogens with zero attached hydrogens (tertiary/aromatic N) is 1. The van der Waals surface area contributed by atoms with Crippen molar-refractivity contribution in [3.63, 3.8) is 0 Å². The highest BCUT2D eigenvalue weighted by molar-refractivity contribution is 9.10. The summed E-state index contributed by atoms with van der Waals surface area (Å²) in [6.07, 6.45) is 1.72. The Kier molecular flexibility index (Phi) is 4.71. The molecule has 1 aromatic rings. The molecule has 0 aliphatic heterocycles. The minimum absolute atomic E-state index is 0.198. The van der Waals surface area contributed by atoms with Crippen LogP contribution in [0.3, 0.4) is 0 Å². The zero-order valence-corrected chi connectivity index (χ0v) is 10.3. The molecule has 0 spiro atoms. The highest BCUT2D eigenvalue weighted by atomic mass is 79.9. The van der Waals surface area contributed by atoms with Crippen LogP contribution < -0.4 is 5.73 Å². The van der Waals surface area contributed by atoms with Crippen LogP contribution in [-0.4, -0.2) is 22.5 Å². The number of aliphatic hydroxyl groups excluding tert-OH is 1. The van der Waals surface area contributed by atoms with Crippen molar-refractivity contribution in [2.45, 2.75) is 11.9 Å². The number of nitrogen functional groups attached to an aromatic ring is 1. The minimum atomic E-state index is 0.198. The second-order valence-electron chi connectivity index (χ2n) is 3.15. The summed E-state index contributed by atoms with van der Waals surface area (Å²) in [4.78, 5) is 4.19. The molecule has 0 saturated carbocycles. The first-order valence-electron chi connectivity index (χ1n) is 4.28. The molecular weight excluding hydrogens is 264 g/mol. The molecule has 0 aliphatic rings. The van der Waals surface area contributed by atoms with E-state index in [4.69, 9.17) is 10.8 Å². The Hall–Kier alpha value is -0.260. The van der Waals surface area contributed by atoms with Crippen molar-refractivity contribution in [3.05, 3.63) is 16.7 Å². The average molecular weight is 277 g/mol. The third-order valence-corrected chi connectivity index (χ3v) is 3.45. The van der Waals surface area contributed by atoms with E-state index in [1.807, 2.05) is 13.0 Å². The lowest BCUT2D eigenvalue weighted by molar-refractivity contribution is 0.250. The summed E-state index contributed by atoms with van der Waals surface area (Å²) in [5, 5.41) is 9.68. The van der Waals surface area contributed by atoms with Gasteiger partial charge in [-0.25, -0.2) is 4.98 Å². The maximum atomic E-state index is 8.85. The summed E-state index contributed by atoms with van der Waals surface area (Å²) in [5.41, 5.74) is 6.45. The molecule has 0 fully saturated rings. The average Bonchev–Trinajstić information content (AvgIpc) is 2.16. The lowest BCUT2D eigenvalue weighted by Crippen LogP contribution is -2.04. The fourth-order valence-corrected chi connectivity index (χ4v) is 2.09. The first-order valence-corrected chi connectivity index (χ1v) is 6.06. The molecule has 1 atom stereocenters. The van der Waals surface area contributed by atoms with Gasteiger partial charge in [0.2, 0.25) is 0 Å². The van der Waals surface area contributed by atoms with Gasteiger partial charge in [-0.15, -0.1) is 11.8 Å². The molecule has 1 aromatic heterocycles. The fraction of sp³-hybridized carbons (Fsp3) is 0.444. The van der Waals surface area contributed by atoms with Gasteiger partial charge in [-0.05, 0) is 27.9 Å². The molecule has 3 nitrogen and oxygen atoms in total. The number of anilines is 1. The first-order chi connectivity index (χ1) is 6.63. The van der Waals surface area contributed by atoms with E-state index < -0.39 is 0 Å². The highest BCUT2D eigenvalue weighted by Crippen LogP contribution is 2.26. The van der Waals surface area contributed by atoms with Gasteiger partial charge in [0.1, 0.15) is 5.03 Å². The van der Waals surface area contributed by atoms with Crippen LogP contribution in [0.5, 0.6) is 0 Å². The summed E-state index contributed by atoms with van der Waals surface area (Å²) in [6, 6.07) is 1.83. The second kappa shape index (κ2) is 5.58. The minimum Gasteiger partial charge on any atom is -0.397 e. The van der Waals surface area contributed by atoms with Crippen molar-refractivity contribution in [3.8, 4) is 0 Å². The Labute approximate surface area is 96.2 Å². The number of hydrogen-bond donors (Lipinski definition) is 2. The van der Waals surface area contributed by atoms with E-state index >= 15 is 0 Å². The van der Waals surface area contributed by atoms with Gasteiger partial charge in [-0.3, -0.25) is 0 Å². The van der Waals surface area contributed by atoms with Crippen LogP contribution in [-0.2, 0) is 0 Å². The van der Waals surface area contributed by atoms with E-state index in [1.54, 1.807) is 18.0 Å². The van der Waals surface area contributed by atoms with Crippen molar-refractivity contribution < 1.29 is 5.11 Å². The summed E-state index contributed by atoms with van der Waals surface area (Å²) >= 11 is 4.87. The lowest BCUT2D eigenvalue weighted by Gasteiger charge is -2.08. The van der Waals surface area contributed by atoms with Crippen molar-refractivity contribution >= 4 is 33.4 Å². The molecule has 0 amide bonds. The van der Waals surface area contributed by atoms with Crippen LogP contribution >= 0.6 is 27.7 Å². The molecule has 3 N–H and O–H groups in total. The lowest BCUT2D eigenvalue weighted by atomic mass is 10.2. The van der Waals surface area contributed by atoms with E-state index in [-0.39, 0.29) is 12.5 Å². The van der Waals surface area contributed by atoms with Crippen molar-refractivity contribution in [2.75, 3.05) is 18.1 Å². The molecule has 0 aliphatic carbocycles. The van der Waals surface area contributed by atoms with Gasteiger partial charge in [0.05, 0.1) is 5.69 Å². The van der Waals surface area contributed by atoms with Crippen LogP contribution in [0.25, 0.3) is 0 Å². The Bertz CT molecular complexity index is 309. The standard InChI is InChI=1S/C9H13BrN2OS/c1-6(4-13)5-14-9-8(11)2-7(10)3-12-9/h2-3,6,13H,4-5,11H2,1H3. The molecular formula is C9H13BrN2OS. The Balaban J connectivity index is 2.59. The number of pyridine rings is 1. The molecule has 1 unspecified atom stereocenters. The monoisotopic (exact) mass is 276 g/mol. The summed E-state index contributed by atoms with van der Waals surface area (Å²) in [6.45, 7) is 2.19. The Morgan fingerprint density at radius 1 is 1.71 bits per heavy atom. The first kappa shape index (κ1) is 11.8. The highest BCUT2D eigenvalue weighted by Gasteiger charge is 2.05. The fourth-order valence-electron chi connectivity index (χ4n) is 0.837. The molecule has 1 rings (SSSR count). The largest absolute Gasteiger partial charge is 0.397 e. The zero-order valence-electron chi connectivity index (χ0n) is 7.90. The van der Waals surface area contributed by atoms with Gasteiger partial charge in [0.15, 0.2) is 0 Å². The second-order valence-corrected chi connectivity index (χ2v) is 5.07. The Morgan fingerprint density at radius 3 is 3.00 bits per heavy atom. The van der Waals surface area contributed by atoms with Crippen LogP contribution in [0.2, 0.25) is 0 Å². The maximum Gasteiger partial charge on any atom is 0.119 e. The smallest absolute Gasteiger partial charge is 0.119 e. The van der Waals surface area contributed by atoms with Gasteiger partial charge in [0.25, 0.3) is 0 Å². The maximum absolute atomic E-state index is 8.85. The van der Waals surface area contributed by atoms with Crippen LogP contribution in [0.15, 0.2) is 21.8 Å². The molecule has 0 saturated heterocycles. The Morgan fingerprint density at radius 2 is 2.43 bits per heavy atom. The third-order valence-electron chi connectivity index (χ3n) is 1.66. The van der Waals surface area contributed by atoms with Gasteiger partial charge in [0, 0.05) is 23.0 Å². The van der Waals surface area contributed by atoms with E-state index in [0.29, 0.717) is 5.69 Å². The number of aromatic nitrogens is 1. The van der Waals surface area contributed by atoms with Crippen molar-refractivity contribution in [1.82, 2.24) is 4.98 Å². The van der Waals surface area contributed by atoms with Crippen molar-refractivity contribution in [2.24, 2.45) is 5.92 Å². The van der Waals surface area contributed by atoms with Crippen LogP contribution in [0.4, 0.5) is 5.69 Å². The van der Waals surface area contributed by atoms with E-state index in [1.165, 1.54) is 0 Å². The molecule has 1 heterocycles. The van der Waals surface area contributed by atoms with E-state index in [9.17, 15) is 0 Å². The molecule has 14 heavy (non-hydrogen) atoms. The molecule has 78 valence electrons. The number of rotatable bonds is 4. The normalized spacial score (nSPS) is 12.8. The van der Waals surface area contributed by atoms with E-state index in [2.05, 4.69) is 20.9 Å². The molecule has 0 aromatic carbocycles. The number of thioether (sulfide) groups is 1. The van der Waals surface area contributed by atoms with Gasteiger partial charge in [-0.1, -0.05) is 6.92 Å². The molecule has 0 radical (unpaired) electrons. The summed E-state index contributed by atoms with van der Waals surface area (Å²) < 4.78 is 0.884. The van der Waals surface area contributed by atoms with Gasteiger partial charge in [-0.2, -0.15) is 0 Å². The van der Waals surface area contributed by atoms with Crippen LogP contribution in [0, 0.1) is 5.92 Å². The predicted molar refractivity (Wildman–Crippen MR) is 63.3 cm³/mol. The number of hydrogen-bond acceptors (Lipinski definition) is 4. The zero-order chi connectivity index (χ0) is 10.6. The SMILES string of the molecule is CC(CO)CSc1ncc(Br)cc1N. The van der Waals surface area contributed by atoms with Crippen molar-refractivity contribution in [1.29, 1.82) is 0 Å². The number of aliphatic hydroxyl groups is 1. The summed E-state index contributed by atoms with van der Waals surface area (Å²) in [7, 11) is 0.